The second-order valence-electron chi connectivity index (χ2n) is 11.7. The van der Waals surface area contributed by atoms with Crippen LogP contribution in [0, 0.1) is 16.7 Å². The number of aliphatic hydroxyl groups excluding tert-OH is 1. The van der Waals surface area contributed by atoms with Gasteiger partial charge in [-0.1, -0.05) is 13.3 Å². The lowest BCUT2D eigenvalue weighted by molar-refractivity contribution is 0.0403. The fraction of sp³-hybridized carbons (Fsp3) is 0.581. The van der Waals surface area contributed by atoms with Gasteiger partial charge < -0.3 is 20.2 Å². The highest BCUT2D eigenvalue weighted by molar-refractivity contribution is 7.16. The van der Waals surface area contributed by atoms with Crippen LogP contribution in [0.3, 0.4) is 0 Å². The van der Waals surface area contributed by atoms with Gasteiger partial charge in [-0.2, -0.15) is 10.2 Å². The van der Waals surface area contributed by atoms with Gasteiger partial charge in [0.2, 0.25) is 0 Å². The average Bonchev–Trinajstić information content (AvgIpc) is 3.67. The number of ether oxygens (including phenoxy) is 1. The first-order valence-corrected chi connectivity index (χ1v) is 15.6. The Kier molecular flexibility index (Phi) is 8.76. The Hall–Kier alpha value is -3.29. The molecule has 0 amide bonds. The maximum Gasteiger partial charge on any atom is 0.317 e. The number of hydrogen-bond acceptors (Lipinski definition) is 9. The standard InChI is InChI=1S/C31H41N7O2S/c1-5-9-22(27(33)21-10-6-11-25-26(21)23(18-32)29(41-25)35-19-37(3)4)28(39)24-12-15-34-30(36-24)40-20(2)31-13-7-16-38(31)17-8-14-31/h12,15,19-21,33,39H,5-11,13-14,16-17H2,1-4H3/b28-22-,33-27?,35-19+/t20?,21-/m0/s1. The van der Waals surface area contributed by atoms with Crippen LogP contribution in [0.25, 0.3) is 5.76 Å². The minimum absolute atomic E-state index is 0.00927. The number of aliphatic hydroxyl groups is 1. The van der Waals surface area contributed by atoms with E-state index in [9.17, 15) is 15.8 Å². The number of hydrogen-bond donors (Lipinski definition) is 2. The van der Waals surface area contributed by atoms with Crippen LogP contribution in [-0.4, -0.2) is 75.8 Å². The molecular weight excluding hydrogens is 534 g/mol. The molecule has 41 heavy (non-hydrogen) atoms. The van der Waals surface area contributed by atoms with Gasteiger partial charge in [0.15, 0.2) is 0 Å². The zero-order valence-corrected chi connectivity index (χ0v) is 25.4. The van der Waals surface area contributed by atoms with Crippen molar-refractivity contribution in [2.45, 2.75) is 89.2 Å². The molecule has 0 spiro atoms. The molecule has 10 heteroatoms. The normalized spacial score (nSPS) is 21.2. The van der Waals surface area contributed by atoms with Gasteiger partial charge >= 0.3 is 6.01 Å². The topological polar surface area (TPSA) is 122 Å². The largest absolute Gasteiger partial charge is 0.505 e. The van der Waals surface area contributed by atoms with E-state index in [-0.39, 0.29) is 29.3 Å². The summed E-state index contributed by atoms with van der Waals surface area (Å²) < 4.78 is 6.33. The summed E-state index contributed by atoms with van der Waals surface area (Å²) in [6.45, 7) is 6.38. The molecule has 0 bridgehead atoms. The summed E-state index contributed by atoms with van der Waals surface area (Å²) in [5, 5.41) is 31.6. The highest BCUT2D eigenvalue weighted by Crippen LogP contribution is 2.46. The molecule has 2 aromatic heterocycles. The summed E-state index contributed by atoms with van der Waals surface area (Å²) in [5.41, 5.74) is 2.77. The molecule has 2 aromatic rings. The Morgan fingerprint density at radius 3 is 2.80 bits per heavy atom. The van der Waals surface area contributed by atoms with Gasteiger partial charge in [0.25, 0.3) is 0 Å². The van der Waals surface area contributed by atoms with E-state index in [4.69, 9.17) is 4.74 Å². The van der Waals surface area contributed by atoms with Crippen molar-refractivity contribution >= 4 is 34.1 Å². The van der Waals surface area contributed by atoms with Crippen molar-refractivity contribution in [2.24, 2.45) is 4.99 Å². The third-order valence-electron chi connectivity index (χ3n) is 8.85. The van der Waals surface area contributed by atoms with Crippen molar-refractivity contribution in [3.8, 4) is 12.1 Å². The molecular formula is C31H41N7O2S. The number of aromatic nitrogens is 2. The van der Waals surface area contributed by atoms with Crippen LogP contribution in [0.2, 0.25) is 0 Å². The van der Waals surface area contributed by atoms with Crippen molar-refractivity contribution in [1.82, 2.24) is 19.8 Å². The maximum atomic E-state index is 11.5. The summed E-state index contributed by atoms with van der Waals surface area (Å²) in [6.07, 6.45) is 11.7. The van der Waals surface area contributed by atoms with Crippen molar-refractivity contribution in [1.29, 1.82) is 10.7 Å². The molecule has 2 N–H and O–H groups in total. The third-order valence-corrected chi connectivity index (χ3v) is 10.0. The number of thiophene rings is 1. The molecule has 3 aliphatic rings. The van der Waals surface area contributed by atoms with E-state index in [1.807, 2.05) is 25.9 Å². The first-order chi connectivity index (χ1) is 19.8. The third kappa shape index (κ3) is 5.62. The van der Waals surface area contributed by atoms with Crippen LogP contribution in [0.4, 0.5) is 5.00 Å². The molecule has 0 aromatic carbocycles. The number of nitrogens with zero attached hydrogens (tertiary/aromatic N) is 6. The van der Waals surface area contributed by atoms with Crippen LogP contribution in [0.1, 0.15) is 92.8 Å². The molecule has 1 aliphatic carbocycles. The minimum atomic E-state index is -0.274. The quantitative estimate of drug-likeness (QED) is 0.195. The molecule has 2 saturated heterocycles. The molecule has 4 heterocycles. The molecule has 0 radical (unpaired) electrons. The van der Waals surface area contributed by atoms with Gasteiger partial charge in [-0.3, -0.25) is 4.90 Å². The van der Waals surface area contributed by atoms with Crippen LogP contribution in [0.15, 0.2) is 22.8 Å². The summed E-state index contributed by atoms with van der Waals surface area (Å²) >= 11 is 1.54. The smallest absolute Gasteiger partial charge is 0.317 e. The Labute approximate surface area is 247 Å². The number of allylic oxidation sites excluding steroid dienone is 1. The molecule has 5 rings (SSSR count). The number of aliphatic imine (C=N–C) groups is 1. The maximum absolute atomic E-state index is 11.5. The summed E-state index contributed by atoms with van der Waals surface area (Å²) in [7, 11) is 3.79. The van der Waals surface area contributed by atoms with Crippen molar-refractivity contribution in [2.75, 3.05) is 27.2 Å². The number of fused-ring (bicyclic) bond motifs is 2. The Morgan fingerprint density at radius 2 is 2.12 bits per heavy atom. The molecule has 218 valence electrons. The molecule has 2 atom stereocenters. The van der Waals surface area contributed by atoms with E-state index in [0.29, 0.717) is 34.0 Å². The molecule has 9 nitrogen and oxygen atoms in total. The van der Waals surface area contributed by atoms with Gasteiger partial charge in [-0.15, -0.1) is 11.3 Å². The zero-order chi connectivity index (χ0) is 29.1. The first-order valence-electron chi connectivity index (χ1n) is 14.8. The monoisotopic (exact) mass is 575 g/mol. The molecule has 2 fully saturated rings. The lowest BCUT2D eigenvalue weighted by Gasteiger charge is -2.37. The molecule has 2 aliphatic heterocycles. The van der Waals surface area contributed by atoms with Gasteiger partial charge in [0.05, 0.1) is 17.4 Å². The van der Waals surface area contributed by atoms with Crippen molar-refractivity contribution in [3.63, 3.8) is 0 Å². The molecule has 0 saturated carbocycles. The van der Waals surface area contributed by atoms with Gasteiger partial charge in [-0.25, -0.2) is 9.98 Å². The van der Waals surface area contributed by atoms with E-state index < -0.39 is 0 Å². The van der Waals surface area contributed by atoms with E-state index in [1.165, 1.54) is 12.8 Å². The lowest BCUT2D eigenvalue weighted by Crippen LogP contribution is -2.50. The van der Waals surface area contributed by atoms with Crippen LogP contribution in [0.5, 0.6) is 6.01 Å². The number of aryl methyl sites for hydroxylation is 1. The van der Waals surface area contributed by atoms with E-state index in [1.54, 1.807) is 29.9 Å². The van der Waals surface area contributed by atoms with E-state index in [2.05, 4.69) is 32.9 Å². The SMILES string of the molecule is CCC/C(C(=N)[C@H]1CCCc2sc(/N=C/N(C)C)c(C#N)c21)=C(/O)c1ccnc(OC(C)C23CCCN2CCC3)n1. The molecule has 1 unspecified atom stereocenters. The highest BCUT2D eigenvalue weighted by Gasteiger charge is 2.49. The summed E-state index contributed by atoms with van der Waals surface area (Å²) in [5.74, 6) is -0.283. The van der Waals surface area contributed by atoms with Gasteiger partial charge in [0, 0.05) is 42.4 Å². The van der Waals surface area contributed by atoms with E-state index in [0.717, 1.165) is 62.1 Å². The van der Waals surface area contributed by atoms with Crippen molar-refractivity contribution in [3.05, 3.63) is 39.5 Å². The van der Waals surface area contributed by atoms with Crippen LogP contribution < -0.4 is 4.74 Å². The minimum Gasteiger partial charge on any atom is -0.505 e. The summed E-state index contributed by atoms with van der Waals surface area (Å²) in [4.78, 5) is 19.1. The average molecular weight is 576 g/mol. The van der Waals surface area contributed by atoms with Gasteiger partial charge in [0.1, 0.15) is 28.6 Å². The predicted molar refractivity (Wildman–Crippen MR) is 164 cm³/mol. The fourth-order valence-electron chi connectivity index (χ4n) is 6.91. The Balaban J connectivity index is 1.44. The number of rotatable bonds is 10. The summed E-state index contributed by atoms with van der Waals surface area (Å²) in [6, 6.07) is 4.30. The highest BCUT2D eigenvalue weighted by atomic mass is 32.1. The van der Waals surface area contributed by atoms with Crippen LogP contribution >= 0.6 is 11.3 Å². The number of nitriles is 1. The van der Waals surface area contributed by atoms with Crippen molar-refractivity contribution < 1.29 is 9.84 Å². The first kappa shape index (κ1) is 29.2. The van der Waals surface area contributed by atoms with E-state index >= 15 is 0 Å². The Bertz CT molecular complexity index is 1380. The number of nitrogens with one attached hydrogen (secondary N) is 1. The predicted octanol–water partition coefficient (Wildman–Crippen LogP) is 6.24. The zero-order valence-electron chi connectivity index (χ0n) is 24.6. The lowest BCUT2D eigenvalue weighted by atomic mass is 9.79. The second kappa shape index (κ2) is 12.3. The van der Waals surface area contributed by atoms with Gasteiger partial charge in [-0.05, 0) is 83.0 Å². The second-order valence-corrected chi connectivity index (χ2v) is 12.7. The Morgan fingerprint density at radius 1 is 1.37 bits per heavy atom. The van der Waals surface area contributed by atoms with Crippen LogP contribution in [-0.2, 0) is 6.42 Å². The fourth-order valence-corrected chi connectivity index (χ4v) is 8.10.